The van der Waals surface area contributed by atoms with Crippen LogP contribution in [0.4, 0.5) is 0 Å². The fraction of sp³-hybridized carbons (Fsp3) is 0.467. The van der Waals surface area contributed by atoms with Crippen LogP contribution in [0.3, 0.4) is 0 Å². The second-order valence-electron chi connectivity index (χ2n) is 4.58. The average molecular weight is 204 g/mol. The van der Waals surface area contributed by atoms with Gasteiger partial charge in [0, 0.05) is 0 Å². The Morgan fingerprint density at radius 3 is 2.33 bits per heavy atom. The topological polar surface area (TPSA) is 0 Å². The zero-order valence-electron chi connectivity index (χ0n) is 10.6. The van der Waals surface area contributed by atoms with Crippen LogP contribution in [0.2, 0.25) is 0 Å². The molecule has 0 aliphatic rings. The van der Waals surface area contributed by atoms with Crippen LogP contribution in [0.1, 0.15) is 40.5 Å². The van der Waals surface area contributed by atoms with Crippen LogP contribution in [0.25, 0.3) is 0 Å². The number of allylic oxidation sites excluding steroid dienone is 6. The van der Waals surface area contributed by atoms with Gasteiger partial charge in [-0.3, -0.25) is 0 Å². The fourth-order valence-corrected chi connectivity index (χ4v) is 1.52. The van der Waals surface area contributed by atoms with E-state index in [9.17, 15) is 0 Å². The minimum Gasteiger partial charge on any atom is -0.0995 e. The Balaban J connectivity index is 4.33. The standard InChI is InChI=1S/C15H24/c1-7-8-9-14(5)15(6)11-13(4)10-12(2)3/h7-9,12H,1,4,10-11H2,2-3,5-6H3/b9-8-,15-14+. The minimum atomic E-state index is 0.703. The summed E-state index contributed by atoms with van der Waals surface area (Å²) in [4.78, 5) is 0. The third-order valence-corrected chi connectivity index (χ3v) is 2.37. The van der Waals surface area contributed by atoms with Crippen LogP contribution in [0.15, 0.2) is 48.1 Å². The van der Waals surface area contributed by atoms with E-state index in [1.165, 1.54) is 16.7 Å². The molecule has 15 heavy (non-hydrogen) atoms. The average Bonchev–Trinajstić information content (AvgIpc) is 2.12. The molecule has 0 nitrogen and oxygen atoms in total. The lowest BCUT2D eigenvalue weighted by molar-refractivity contribution is 0.634. The molecule has 0 N–H and O–H groups in total. The summed E-state index contributed by atoms with van der Waals surface area (Å²) in [5.74, 6) is 0.703. The molecule has 0 aliphatic carbocycles. The van der Waals surface area contributed by atoms with E-state index in [0.29, 0.717) is 5.92 Å². The van der Waals surface area contributed by atoms with Crippen LogP contribution in [-0.4, -0.2) is 0 Å². The van der Waals surface area contributed by atoms with Crippen molar-refractivity contribution in [2.45, 2.75) is 40.5 Å². The van der Waals surface area contributed by atoms with E-state index in [-0.39, 0.29) is 0 Å². The Morgan fingerprint density at radius 2 is 1.87 bits per heavy atom. The Kier molecular flexibility index (Phi) is 6.77. The van der Waals surface area contributed by atoms with Gasteiger partial charge in [0.25, 0.3) is 0 Å². The maximum absolute atomic E-state index is 4.12. The summed E-state index contributed by atoms with van der Waals surface area (Å²) < 4.78 is 0. The smallest absolute Gasteiger partial charge is 0.0108 e. The molecular formula is C15H24. The van der Waals surface area contributed by atoms with E-state index >= 15 is 0 Å². The third-order valence-electron chi connectivity index (χ3n) is 2.37. The van der Waals surface area contributed by atoms with Crippen molar-refractivity contribution in [1.82, 2.24) is 0 Å². The van der Waals surface area contributed by atoms with E-state index in [0.717, 1.165) is 12.8 Å². The third kappa shape index (κ3) is 6.96. The van der Waals surface area contributed by atoms with Gasteiger partial charge in [0.1, 0.15) is 0 Å². The molecule has 0 saturated heterocycles. The van der Waals surface area contributed by atoms with Crippen LogP contribution in [0, 0.1) is 5.92 Å². The van der Waals surface area contributed by atoms with E-state index in [2.05, 4.69) is 46.9 Å². The lowest BCUT2D eigenvalue weighted by Crippen LogP contribution is -1.92. The highest BCUT2D eigenvalue weighted by Crippen LogP contribution is 2.19. The molecule has 0 radical (unpaired) electrons. The summed E-state index contributed by atoms with van der Waals surface area (Å²) in [7, 11) is 0. The number of rotatable bonds is 6. The zero-order valence-corrected chi connectivity index (χ0v) is 10.6. The zero-order chi connectivity index (χ0) is 11.8. The van der Waals surface area contributed by atoms with Gasteiger partial charge in [-0.1, -0.05) is 62.0 Å². The Labute approximate surface area is 95.1 Å². The van der Waals surface area contributed by atoms with E-state index in [1.807, 2.05) is 6.08 Å². The highest BCUT2D eigenvalue weighted by molar-refractivity contribution is 5.27. The minimum absolute atomic E-state index is 0.703. The van der Waals surface area contributed by atoms with Gasteiger partial charge in [-0.15, -0.1) is 0 Å². The molecule has 0 aromatic carbocycles. The SMILES string of the molecule is C=C/C=C\C(C)=C(/C)CC(=C)CC(C)C. The number of hydrogen-bond donors (Lipinski definition) is 0. The van der Waals surface area contributed by atoms with Crippen molar-refractivity contribution in [3.63, 3.8) is 0 Å². The molecule has 0 rings (SSSR count). The highest BCUT2D eigenvalue weighted by atomic mass is 14.1. The van der Waals surface area contributed by atoms with Gasteiger partial charge in [0.15, 0.2) is 0 Å². The maximum Gasteiger partial charge on any atom is -0.0108 e. The van der Waals surface area contributed by atoms with Crippen molar-refractivity contribution >= 4 is 0 Å². The van der Waals surface area contributed by atoms with Crippen molar-refractivity contribution in [3.8, 4) is 0 Å². The summed E-state index contributed by atoms with van der Waals surface area (Å²) in [6.07, 6.45) is 8.02. The quantitative estimate of drug-likeness (QED) is 0.419. The summed E-state index contributed by atoms with van der Waals surface area (Å²) in [5, 5.41) is 0. The van der Waals surface area contributed by atoms with Gasteiger partial charge in [-0.05, 0) is 32.6 Å². The summed E-state index contributed by atoms with van der Waals surface area (Å²) in [5.41, 5.74) is 4.05. The van der Waals surface area contributed by atoms with Crippen LogP contribution < -0.4 is 0 Å². The molecule has 0 aliphatic heterocycles. The Morgan fingerprint density at radius 1 is 1.27 bits per heavy atom. The first kappa shape index (κ1) is 14.0. The van der Waals surface area contributed by atoms with Crippen molar-refractivity contribution in [2.24, 2.45) is 5.92 Å². The second kappa shape index (κ2) is 7.28. The molecule has 0 heterocycles. The molecule has 84 valence electrons. The van der Waals surface area contributed by atoms with Crippen molar-refractivity contribution in [3.05, 3.63) is 48.1 Å². The molecule has 0 fully saturated rings. The molecule has 0 aromatic heterocycles. The van der Waals surface area contributed by atoms with Crippen LogP contribution >= 0.6 is 0 Å². The molecule has 0 aromatic rings. The maximum atomic E-state index is 4.12. The van der Waals surface area contributed by atoms with Crippen LogP contribution in [0.5, 0.6) is 0 Å². The predicted molar refractivity (Wildman–Crippen MR) is 70.9 cm³/mol. The summed E-state index contributed by atoms with van der Waals surface area (Å²) >= 11 is 0. The second-order valence-corrected chi connectivity index (χ2v) is 4.58. The Bertz CT molecular complexity index is 274. The lowest BCUT2D eigenvalue weighted by Gasteiger charge is -2.10. The summed E-state index contributed by atoms with van der Waals surface area (Å²) in [6, 6.07) is 0. The molecule has 0 heteroatoms. The van der Waals surface area contributed by atoms with Gasteiger partial charge >= 0.3 is 0 Å². The largest absolute Gasteiger partial charge is 0.0995 e. The van der Waals surface area contributed by atoms with E-state index < -0.39 is 0 Å². The van der Waals surface area contributed by atoms with E-state index in [4.69, 9.17) is 0 Å². The van der Waals surface area contributed by atoms with E-state index in [1.54, 1.807) is 6.08 Å². The van der Waals surface area contributed by atoms with Gasteiger partial charge in [-0.2, -0.15) is 0 Å². The molecule has 0 saturated carbocycles. The highest BCUT2D eigenvalue weighted by Gasteiger charge is 2.01. The first-order valence-corrected chi connectivity index (χ1v) is 5.59. The summed E-state index contributed by atoms with van der Waals surface area (Å²) in [6.45, 7) is 16.6. The van der Waals surface area contributed by atoms with Gasteiger partial charge < -0.3 is 0 Å². The monoisotopic (exact) mass is 204 g/mol. The molecule has 0 spiro atoms. The molecule has 0 unspecified atom stereocenters. The first-order valence-electron chi connectivity index (χ1n) is 5.59. The lowest BCUT2D eigenvalue weighted by atomic mass is 9.96. The number of hydrogen-bond acceptors (Lipinski definition) is 0. The molecular weight excluding hydrogens is 180 g/mol. The van der Waals surface area contributed by atoms with Crippen molar-refractivity contribution in [2.75, 3.05) is 0 Å². The molecule has 0 atom stereocenters. The normalized spacial score (nSPS) is 13.1. The predicted octanol–water partition coefficient (Wildman–Crippen LogP) is 5.06. The first-order chi connectivity index (χ1) is 6.97. The van der Waals surface area contributed by atoms with Gasteiger partial charge in [0.2, 0.25) is 0 Å². The fourth-order valence-electron chi connectivity index (χ4n) is 1.52. The Hall–Kier alpha value is -1.04. The molecule has 0 amide bonds. The van der Waals surface area contributed by atoms with Crippen molar-refractivity contribution < 1.29 is 0 Å². The van der Waals surface area contributed by atoms with Gasteiger partial charge in [-0.25, -0.2) is 0 Å². The van der Waals surface area contributed by atoms with Crippen molar-refractivity contribution in [1.29, 1.82) is 0 Å². The van der Waals surface area contributed by atoms with Crippen LogP contribution in [-0.2, 0) is 0 Å². The molecule has 0 bridgehead atoms. The van der Waals surface area contributed by atoms with Gasteiger partial charge in [0.05, 0.1) is 0 Å².